The molecular formula is C17H18N2O2. The molecule has 1 aromatic carbocycles. The number of aryl methyl sites for hydroxylation is 1. The Kier molecular flexibility index (Phi) is 3.69. The first kappa shape index (κ1) is 13.7. The lowest BCUT2D eigenvalue weighted by atomic mass is 9.89. The third kappa shape index (κ3) is 3.10. The molecule has 0 N–H and O–H groups in total. The molecule has 0 radical (unpaired) electrons. The number of nitrogens with zero attached hydrogens (tertiary/aromatic N) is 2. The normalized spacial score (nSPS) is 17.1. The first-order chi connectivity index (χ1) is 10.1. The van der Waals surface area contributed by atoms with Crippen LogP contribution < -0.4 is 4.74 Å². The number of carbonyl (C=O) groups excluding carboxylic acids is 1. The number of aromatic nitrogens is 2. The van der Waals surface area contributed by atoms with Gasteiger partial charge in [0, 0.05) is 24.4 Å². The number of ether oxygens (including phenoxy) is 1. The predicted octanol–water partition coefficient (Wildman–Crippen LogP) is 3.19. The van der Waals surface area contributed by atoms with E-state index in [4.69, 9.17) is 4.74 Å². The van der Waals surface area contributed by atoms with Crippen molar-refractivity contribution in [1.29, 1.82) is 0 Å². The van der Waals surface area contributed by atoms with Crippen LogP contribution in [0.3, 0.4) is 0 Å². The first-order valence-electron chi connectivity index (χ1n) is 7.25. The van der Waals surface area contributed by atoms with Crippen molar-refractivity contribution in [3.05, 3.63) is 41.7 Å². The average molecular weight is 282 g/mol. The lowest BCUT2D eigenvalue weighted by Gasteiger charge is -2.20. The highest BCUT2D eigenvalue weighted by Crippen LogP contribution is 2.26. The lowest BCUT2D eigenvalue weighted by Crippen LogP contribution is -2.14. The second-order valence-corrected chi connectivity index (χ2v) is 5.63. The maximum atomic E-state index is 10.9. The zero-order valence-electron chi connectivity index (χ0n) is 12.3. The molecule has 0 aliphatic heterocycles. The van der Waals surface area contributed by atoms with E-state index in [1.54, 1.807) is 12.1 Å². The van der Waals surface area contributed by atoms with Crippen LogP contribution in [-0.2, 0) is 17.6 Å². The fourth-order valence-electron chi connectivity index (χ4n) is 2.67. The van der Waals surface area contributed by atoms with Gasteiger partial charge in [0.25, 0.3) is 0 Å². The van der Waals surface area contributed by atoms with Gasteiger partial charge in [-0.3, -0.25) is 4.79 Å². The van der Waals surface area contributed by atoms with E-state index in [2.05, 4.69) is 16.9 Å². The van der Waals surface area contributed by atoms with Gasteiger partial charge in [0.15, 0.2) is 5.82 Å². The van der Waals surface area contributed by atoms with Crippen molar-refractivity contribution in [2.24, 2.45) is 5.92 Å². The Morgan fingerprint density at radius 2 is 2.05 bits per heavy atom. The van der Waals surface area contributed by atoms with Crippen molar-refractivity contribution in [2.75, 3.05) is 0 Å². The summed E-state index contributed by atoms with van der Waals surface area (Å²) >= 11 is 0. The van der Waals surface area contributed by atoms with Crippen LogP contribution in [-0.4, -0.2) is 15.9 Å². The van der Waals surface area contributed by atoms with Crippen LogP contribution in [0.25, 0.3) is 11.4 Å². The SMILES string of the molecule is CC(=O)Oc1ccc(-c2ncc3c(n2)CCC(C)C3)cc1. The number of carbonyl (C=O) groups is 1. The van der Waals surface area contributed by atoms with Crippen molar-refractivity contribution in [2.45, 2.75) is 33.1 Å². The highest BCUT2D eigenvalue weighted by Gasteiger charge is 2.17. The fourth-order valence-corrected chi connectivity index (χ4v) is 2.67. The van der Waals surface area contributed by atoms with Gasteiger partial charge >= 0.3 is 5.97 Å². The van der Waals surface area contributed by atoms with E-state index in [0.29, 0.717) is 5.75 Å². The van der Waals surface area contributed by atoms with Crippen molar-refractivity contribution < 1.29 is 9.53 Å². The number of hydrogen-bond acceptors (Lipinski definition) is 4. The van der Waals surface area contributed by atoms with E-state index >= 15 is 0 Å². The molecule has 21 heavy (non-hydrogen) atoms. The van der Waals surface area contributed by atoms with Crippen molar-refractivity contribution in [3.8, 4) is 17.1 Å². The van der Waals surface area contributed by atoms with Crippen LogP contribution in [0.15, 0.2) is 30.5 Å². The topological polar surface area (TPSA) is 52.1 Å². The summed E-state index contributed by atoms with van der Waals surface area (Å²) in [5.41, 5.74) is 3.38. The summed E-state index contributed by atoms with van der Waals surface area (Å²) in [6.45, 7) is 3.66. The zero-order chi connectivity index (χ0) is 14.8. The van der Waals surface area contributed by atoms with Crippen molar-refractivity contribution >= 4 is 5.97 Å². The van der Waals surface area contributed by atoms with Gasteiger partial charge < -0.3 is 4.74 Å². The standard InChI is InChI=1S/C17H18N2O2/c1-11-3-8-16-14(9-11)10-18-17(19-16)13-4-6-15(7-5-13)21-12(2)20/h4-7,10-11H,3,8-9H2,1-2H3. The summed E-state index contributed by atoms with van der Waals surface area (Å²) in [4.78, 5) is 20.1. The van der Waals surface area contributed by atoms with Crippen LogP contribution in [0, 0.1) is 5.92 Å². The minimum atomic E-state index is -0.318. The molecule has 1 aromatic heterocycles. The molecule has 4 nitrogen and oxygen atoms in total. The minimum absolute atomic E-state index is 0.318. The second-order valence-electron chi connectivity index (χ2n) is 5.63. The van der Waals surface area contributed by atoms with Crippen molar-refractivity contribution in [3.63, 3.8) is 0 Å². The molecule has 1 aliphatic carbocycles. The molecule has 1 unspecified atom stereocenters. The van der Waals surface area contributed by atoms with Gasteiger partial charge in [0.05, 0.1) is 0 Å². The fraction of sp³-hybridized carbons (Fsp3) is 0.353. The van der Waals surface area contributed by atoms with E-state index in [0.717, 1.165) is 30.1 Å². The maximum absolute atomic E-state index is 10.9. The van der Waals surface area contributed by atoms with Gasteiger partial charge in [-0.25, -0.2) is 9.97 Å². The van der Waals surface area contributed by atoms with Crippen LogP contribution in [0.2, 0.25) is 0 Å². The van der Waals surface area contributed by atoms with Gasteiger partial charge in [-0.15, -0.1) is 0 Å². The second kappa shape index (κ2) is 5.64. The van der Waals surface area contributed by atoms with E-state index in [1.165, 1.54) is 24.6 Å². The number of hydrogen-bond donors (Lipinski definition) is 0. The average Bonchev–Trinajstić information content (AvgIpc) is 2.47. The third-order valence-corrected chi connectivity index (χ3v) is 3.77. The Bertz CT molecular complexity index is 665. The summed E-state index contributed by atoms with van der Waals surface area (Å²) in [7, 11) is 0. The van der Waals surface area contributed by atoms with E-state index in [9.17, 15) is 4.79 Å². The molecule has 0 fully saturated rings. The minimum Gasteiger partial charge on any atom is -0.427 e. The molecular weight excluding hydrogens is 264 g/mol. The third-order valence-electron chi connectivity index (χ3n) is 3.77. The largest absolute Gasteiger partial charge is 0.427 e. The van der Waals surface area contributed by atoms with Crippen LogP contribution in [0.1, 0.15) is 31.5 Å². The molecule has 0 saturated carbocycles. The Balaban J connectivity index is 1.85. The molecule has 0 saturated heterocycles. The highest BCUT2D eigenvalue weighted by atomic mass is 16.5. The molecule has 4 heteroatoms. The lowest BCUT2D eigenvalue weighted by molar-refractivity contribution is -0.131. The molecule has 108 valence electrons. The van der Waals surface area contributed by atoms with Crippen LogP contribution >= 0.6 is 0 Å². The Hall–Kier alpha value is -2.23. The summed E-state index contributed by atoms with van der Waals surface area (Å²) in [6.07, 6.45) is 5.24. The summed E-state index contributed by atoms with van der Waals surface area (Å²) in [6, 6.07) is 7.29. The Labute approximate surface area is 124 Å². The van der Waals surface area contributed by atoms with Gasteiger partial charge in [0.2, 0.25) is 0 Å². The molecule has 0 amide bonds. The van der Waals surface area contributed by atoms with Gasteiger partial charge in [-0.2, -0.15) is 0 Å². The van der Waals surface area contributed by atoms with Gasteiger partial charge in [-0.1, -0.05) is 6.92 Å². The molecule has 0 spiro atoms. The van der Waals surface area contributed by atoms with Gasteiger partial charge in [-0.05, 0) is 55.0 Å². The highest BCUT2D eigenvalue weighted by molar-refractivity contribution is 5.69. The molecule has 1 aliphatic rings. The van der Waals surface area contributed by atoms with E-state index < -0.39 is 0 Å². The summed E-state index contributed by atoms with van der Waals surface area (Å²) in [5, 5.41) is 0. The monoisotopic (exact) mass is 282 g/mol. The molecule has 1 atom stereocenters. The van der Waals surface area contributed by atoms with E-state index in [-0.39, 0.29) is 5.97 Å². The number of benzene rings is 1. The summed E-state index contributed by atoms with van der Waals surface area (Å²) < 4.78 is 5.03. The van der Waals surface area contributed by atoms with E-state index in [1.807, 2.05) is 18.3 Å². The maximum Gasteiger partial charge on any atom is 0.308 e. The van der Waals surface area contributed by atoms with Crippen LogP contribution in [0.4, 0.5) is 0 Å². The number of esters is 1. The molecule has 0 bridgehead atoms. The quantitative estimate of drug-likeness (QED) is 0.627. The molecule has 1 heterocycles. The molecule has 3 rings (SSSR count). The zero-order valence-corrected chi connectivity index (χ0v) is 12.3. The summed E-state index contributed by atoms with van der Waals surface area (Å²) in [5.74, 6) is 1.67. The Morgan fingerprint density at radius 1 is 1.29 bits per heavy atom. The van der Waals surface area contributed by atoms with Crippen molar-refractivity contribution in [1.82, 2.24) is 9.97 Å². The predicted molar refractivity (Wildman–Crippen MR) is 80.0 cm³/mol. The smallest absolute Gasteiger partial charge is 0.308 e. The van der Waals surface area contributed by atoms with Crippen LogP contribution in [0.5, 0.6) is 5.75 Å². The van der Waals surface area contributed by atoms with Gasteiger partial charge in [0.1, 0.15) is 5.75 Å². The Morgan fingerprint density at radius 3 is 2.76 bits per heavy atom. The number of fused-ring (bicyclic) bond motifs is 1. The first-order valence-corrected chi connectivity index (χ1v) is 7.25. The molecule has 2 aromatic rings. The number of rotatable bonds is 2.